The molecule has 0 bridgehead atoms. The van der Waals surface area contributed by atoms with E-state index in [0.717, 1.165) is 11.1 Å². The number of amides is 2. The molecule has 0 heterocycles. The van der Waals surface area contributed by atoms with Gasteiger partial charge in [-0.3, -0.25) is 9.59 Å². The average Bonchev–Trinajstić information content (AvgIpc) is 3.12. The van der Waals surface area contributed by atoms with Gasteiger partial charge in [0.05, 0.1) is 11.4 Å². The highest BCUT2D eigenvalue weighted by Crippen LogP contribution is 2.35. The largest absolute Gasteiger partial charge is 0.750 e. The first kappa shape index (κ1) is 48.9. The van der Waals surface area contributed by atoms with E-state index in [1.54, 1.807) is 60.7 Å². The standard InChI is InChI=1S/C45H64N4O10Si2/c1-28(2)52-60(53-29(3)4,54-30(5)6)58-42-23-13-34(26-40(42)48-44(50)36-15-19-38(46)20-16-36)25-35-14-24-43(41(27-35)49-45(51)37-17-21-39(47)22-18-37)59-61(55-31(7)8,56-32(9)10)57-33(11)12/h13-24,26-33H,25,46-47H2,1-12H3,(H,48,50)(H,49,51). The van der Waals surface area contributed by atoms with Crippen molar-refractivity contribution in [2.24, 2.45) is 0 Å². The number of anilines is 4. The number of rotatable bonds is 22. The first-order chi connectivity index (χ1) is 28.6. The highest BCUT2D eigenvalue weighted by atomic mass is 28.4. The maximum absolute atomic E-state index is 13.7. The molecule has 4 rings (SSSR count). The summed E-state index contributed by atoms with van der Waals surface area (Å²) in [7, 11) is -7.71. The number of nitrogens with two attached hydrogens (primary N) is 2. The predicted molar refractivity (Wildman–Crippen MR) is 243 cm³/mol. The Bertz CT molecular complexity index is 1850. The molecule has 16 heteroatoms. The van der Waals surface area contributed by atoms with Gasteiger partial charge in [0, 0.05) is 59.1 Å². The van der Waals surface area contributed by atoms with Crippen molar-refractivity contribution in [1.29, 1.82) is 0 Å². The van der Waals surface area contributed by atoms with Crippen molar-refractivity contribution in [1.82, 2.24) is 0 Å². The van der Waals surface area contributed by atoms with Crippen LogP contribution in [0.4, 0.5) is 22.7 Å². The Hall–Kier alpha value is -4.79. The normalized spacial score (nSPS) is 12.2. The van der Waals surface area contributed by atoms with Crippen molar-refractivity contribution >= 4 is 52.7 Å². The van der Waals surface area contributed by atoms with E-state index in [1.165, 1.54) is 0 Å². The minimum atomic E-state index is -3.85. The van der Waals surface area contributed by atoms with Gasteiger partial charge >= 0.3 is 18.1 Å². The van der Waals surface area contributed by atoms with E-state index in [1.807, 2.05) is 107 Å². The molecule has 0 saturated heterocycles. The summed E-state index contributed by atoms with van der Waals surface area (Å²) in [4.78, 5) is 27.4. The molecule has 4 aromatic rings. The van der Waals surface area contributed by atoms with Gasteiger partial charge in [-0.1, -0.05) is 12.1 Å². The lowest BCUT2D eigenvalue weighted by atomic mass is 10.0. The van der Waals surface area contributed by atoms with Crippen LogP contribution in [0, 0.1) is 0 Å². The lowest BCUT2D eigenvalue weighted by molar-refractivity contribution is -0.0476. The summed E-state index contributed by atoms with van der Waals surface area (Å²) >= 11 is 0. The van der Waals surface area contributed by atoms with E-state index in [2.05, 4.69) is 10.6 Å². The molecule has 2 amide bonds. The van der Waals surface area contributed by atoms with Gasteiger partial charge in [-0.15, -0.1) is 0 Å². The summed E-state index contributed by atoms with van der Waals surface area (Å²) in [6, 6.07) is 24.1. The summed E-state index contributed by atoms with van der Waals surface area (Å²) in [6.07, 6.45) is -1.41. The molecule has 0 spiro atoms. The number of nitrogen functional groups attached to an aromatic ring is 2. The molecule has 0 aliphatic heterocycles. The molecular weight excluding hydrogens is 813 g/mol. The second kappa shape index (κ2) is 21.8. The summed E-state index contributed by atoms with van der Waals surface area (Å²) in [5.41, 5.74) is 16.0. The highest BCUT2D eigenvalue weighted by Gasteiger charge is 2.53. The van der Waals surface area contributed by atoms with Crippen LogP contribution in [0.2, 0.25) is 0 Å². The zero-order valence-electron chi connectivity index (χ0n) is 37.5. The van der Waals surface area contributed by atoms with E-state index in [9.17, 15) is 9.59 Å². The summed E-state index contributed by atoms with van der Waals surface area (Å²) < 4.78 is 51.1. The molecule has 0 aliphatic carbocycles. The quantitative estimate of drug-likeness (QED) is 0.0435. The Morgan fingerprint density at radius 3 is 1.00 bits per heavy atom. The zero-order valence-corrected chi connectivity index (χ0v) is 39.5. The summed E-state index contributed by atoms with van der Waals surface area (Å²) in [5.74, 6) is -0.177. The van der Waals surface area contributed by atoms with E-state index in [4.69, 9.17) is 46.9 Å². The molecule has 0 atom stereocenters. The van der Waals surface area contributed by atoms with E-state index in [-0.39, 0.29) is 48.4 Å². The third-order valence-electron chi connectivity index (χ3n) is 8.09. The SMILES string of the molecule is CC(C)O[Si](Oc1ccc(Cc2ccc(O[Si](OC(C)C)(OC(C)C)OC(C)C)c(NC(=O)c3ccc(N)cc3)c2)cc1NC(=O)c1ccc(N)cc1)(OC(C)C)OC(C)C. The van der Waals surface area contributed by atoms with E-state index in [0.29, 0.717) is 51.8 Å². The third-order valence-corrected chi connectivity index (χ3v) is 13.6. The molecule has 0 aliphatic rings. The monoisotopic (exact) mass is 876 g/mol. The number of hydrogen-bond donors (Lipinski definition) is 4. The molecule has 14 nitrogen and oxygen atoms in total. The lowest BCUT2D eigenvalue weighted by Gasteiger charge is -2.33. The predicted octanol–water partition coefficient (Wildman–Crippen LogP) is 9.13. The Labute approximate surface area is 363 Å². The van der Waals surface area contributed by atoms with Crippen molar-refractivity contribution in [3.8, 4) is 11.5 Å². The van der Waals surface area contributed by atoms with Crippen LogP contribution in [-0.4, -0.2) is 66.5 Å². The number of carbonyl (C=O) groups is 2. The number of hydrogen-bond acceptors (Lipinski definition) is 12. The number of carbonyl (C=O) groups excluding carboxylic acids is 2. The molecule has 6 N–H and O–H groups in total. The first-order valence-corrected chi connectivity index (χ1v) is 24.0. The zero-order chi connectivity index (χ0) is 45.1. The number of nitrogens with one attached hydrogen (secondary N) is 2. The molecular formula is C45H64N4O10Si2. The average molecular weight is 877 g/mol. The van der Waals surface area contributed by atoms with Crippen molar-refractivity contribution in [3.05, 3.63) is 107 Å². The van der Waals surface area contributed by atoms with Crippen molar-refractivity contribution in [2.45, 2.75) is 126 Å². The minimum Gasteiger partial charge on any atom is -0.478 e. The van der Waals surface area contributed by atoms with Crippen LogP contribution in [0.25, 0.3) is 0 Å². The Kier molecular flexibility index (Phi) is 17.5. The topological polar surface area (TPSA) is 184 Å². The van der Waals surface area contributed by atoms with Gasteiger partial charge in [0.1, 0.15) is 11.5 Å². The third kappa shape index (κ3) is 15.3. The van der Waals surface area contributed by atoms with Crippen LogP contribution in [-0.2, 0) is 33.0 Å². The van der Waals surface area contributed by atoms with Crippen molar-refractivity contribution < 1.29 is 45.0 Å². The molecule has 0 radical (unpaired) electrons. The molecule has 332 valence electrons. The fourth-order valence-corrected chi connectivity index (χ4v) is 10.9. The lowest BCUT2D eigenvalue weighted by Crippen LogP contribution is -2.56. The smallest absolute Gasteiger partial charge is 0.478 e. The highest BCUT2D eigenvalue weighted by molar-refractivity contribution is 6.55. The second-order valence-corrected chi connectivity index (χ2v) is 20.0. The molecule has 0 fully saturated rings. The molecule has 0 saturated carbocycles. The van der Waals surface area contributed by atoms with Gasteiger partial charge in [-0.05, 0) is 173 Å². The number of benzene rings is 4. The van der Waals surface area contributed by atoms with Gasteiger partial charge in [-0.25, -0.2) is 0 Å². The van der Waals surface area contributed by atoms with Crippen LogP contribution in [0.15, 0.2) is 84.9 Å². The Morgan fingerprint density at radius 1 is 0.459 bits per heavy atom. The van der Waals surface area contributed by atoms with Gasteiger partial charge in [0.25, 0.3) is 11.8 Å². The van der Waals surface area contributed by atoms with Crippen LogP contribution < -0.4 is 31.0 Å². The summed E-state index contributed by atoms with van der Waals surface area (Å²) in [5, 5.41) is 6.05. The first-order valence-electron chi connectivity index (χ1n) is 20.7. The Morgan fingerprint density at radius 2 is 0.738 bits per heavy atom. The fraction of sp³-hybridized carbons (Fsp3) is 0.422. The maximum Gasteiger partial charge on any atom is 0.750 e. The van der Waals surface area contributed by atoms with Gasteiger partial charge in [-0.2, -0.15) is 0 Å². The second-order valence-electron chi connectivity index (χ2n) is 16.2. The molecule has 61 heavy (non-hydrogen) atoms. The molecule has 0 unspecified atom stereocenters. The van der Waals surface area contributed by atoms with Gasteiger partial charge in [0.2, 0.25) is 0 Å². The van der Waals surface area contributed by atoms with Crippen LogP contribution in [0.3, 0.4) is 0 Å². The van der Waals surface area contributed by atoms with E-state index < -0.39 is 18.1 Å². The summed E-state index contributed by atoms with van der Waals surface area (Å²) in [6.45, 7) is 22.5. The Balaban J connectivity index is 1.82. The van der Waals surface area contributed by atoms with Crippen LogP contribution in [0.5, 0.6) is 11.5 Å². The maximum atomic E-state index is 13.7. The van der Waals surface area contributed by atoms with Gasteiger partial charge < -0.3 is 57.5 Å². The van der Waals surface area contributed by atoms with Crippen LogP contribution >= 0.6 is 0 Å². The minimum absolute atomic E-state index is 0.295. The van der Waals surface area contributed by atoms with Crippen molar-refractivity contribution in [3.63, 3.8) is 0 Å². The van der Waals surface area contributed by atoms with Crippen LogP contribution in [0.1, 0.15) is 115 Å². The molecule has 0 aromatic heterocycles. The van der Waals surface area contributed by atoms with E-state index >= 15 is 0 Å². The molecule has 4 aromatic carbocycles. The fourth-order valence-electron chi connectivity index (χ4n) is 5.95. The van der Waals surface area contributed by atoms with Gasteiger partial charge in [0.15, 0.2) is 0 Å². The van der Waals surface area contributed by atoms with Crippen molar-refractivity contribution in [2.75, 3.05) is 22.1 Å².